The summed E-state index contributed by atoms with van der Waals surface area (Å²) in [5.41, 5.74) is 5.29. The number of fused-ring (bicyclic) bond motifs is 1. The van der Waals surface area contributed by atoms with E-state index in [-0.39, 0.29) is 0 Å². The molecule has 1 unspecified atom stereocenters. The van der Waals surface area contributed by atoms with Crippen molar-refractivity contribution in [2.24, 2.45) is 0 Å². The zero-order chi connectivity index (χ0) is 13.9. The molecule has 2 heterocycles. The van der Waals surface area contributed by atoms with Crippen LogP contribution in [0.3, 0.4) is 0 Å². The molecule has 1 aromatic heterocycles. The lowest BCUT2D eigenvalue weighted by molar-refractivity contribution is 0.614. The van der Waals surface area contributed by atoms with E-state index in [1.807, 2.05) is 19.4 Å². The third kappa shape index (κ3) is 2.29. The van der Waals surface area contributed by atoms with Gasteiger partial charge in [0.25, 0.3) is 0 Å². The molecule has 1 atom stereocenters. The third-order valence-corrected chi connectivity index (χ3v) is 4.04. The second kappa shape index (κ2) is 5.63. The summed E-state index contributed by atoms with van der Waals surface area (Å²) in [7, 11) is 1.98. The van der Waals surface area contributed by atoms with Gasteiger partial charge in [-0.25, -0.2) is 0 Å². The van der Waals surface area contributed by atoms with E-state index in [4.69, 9.17) is 0 Å². The summed E-state index contributed by atoms with van der Waals surface area (Å²) in [5.74, 6) is 0. The number of hydrogen-bond acceptors (Lipinski definition) is 3. The second-order valence-electron chi connectivity index (χ2n) is 5.42. The van der Waals surface area contributed by atoms with Crippen LogP contribution >= 0.6 is 0 Å². The van der Waals surface area contributed by atoms with Crippen molar-refractivity contribution < 1.29 is 0 Å². The molecule has 0 amide bonds. The van der Waals surface area contributed by atoms with Crippen molar-refractivity contribution >= 4 is 11.4 Å². The molecule has 0 aliphatic carbocycles. The molecule has 2 aromatic rings. The minimum Gasteiger partial charge on any atom is -0.337 e. The number of anilines is 2. The first-order chi connectivity index (χ1) is 9.81. The smallest absolute Gasteiger partial charge is 0.0645 e. The van der Waals surface area contributed by atoms with Gasteiger partial charge in [-0.15, -0.1) is 0 Å². The summed E-state index contributed by atoms with van der Waals surface area (Å²) in [6.45, 7) is 3.16. The van der Waals surface area contributed by atoms with Crippen LogP contribution in [0.5, 0.6) is 0 Å². The van der Waals surface area contributed by atoms with Gasteiger partial charge >= 0.3 is 0 Å². The van der Waals surface area contributed by atoms with Crippen LogP contribution in [-0.4, -0.2) is 18.1 Å². The highest BCUT2D eigenvalue weighted by molar-refractivity contribution is 5.70. The molecule has 1 N–H and O–H groups in total. The molecule has 3 heteroatoms. The fourth-order valence-electron chi connectivity index (χ4n) is 3.03. The molecule has 0 saturated carbocycles. The highest BCUT2D eigenvalue weighted by Gasteiger charge is 2.25. The van der Waals surface area contributed by atoms with Crippen molar-refractivity contribution in [3.63, 3.8) is 0 Å². The summed E-state index contributed by atoms with van der Waals surface area (Å²) in [4.78, 5) is 6.78. The maximum atomic E-state index is 4.34. The Bertz CT molecular complexity index is 594. The molecule has 0 spiro atoms. The number of aryl methyl sites for hydroxylation is 1. The predicted octanol–water partition coefficient (Wildman–Crippen LogP) is 3.27. The standard InChI is InChI=1S/C17H21N3/c1-13-7-8-14-5-3-4-6-16(14)20(13)17-12-19-10-9-15(17)11-18-2/h3-6,9-10,12-13,18H,7-8,11H2,1-2H3. The van der Waals surface area contributed by atoms with Crippen LogP contribution in [0.25, 0.3) is 0 Å². The van der Waals surface area contributed by atoms with Crippen LogP contribution in [-0.2, 0) is 13.0 Å². The van der Waals surface area contributed by atoms with E-state index in [1.54, 1.807) is 0 Å². The van der Waals surface area contributed by atoms with Gasteiger partial charge in [0.2, 0.25) is 0 Å². The van der Waals surface area contributed by atoms with Crippen molar-refractivity contribution in [3.05, 3.63) is 53.9 Å². The quantitative estimate of drug-likeness (QED) is 0.925. The molecule has 0 saturated heterocycles. The van der Waals surface area contributed by atoms with Crippen molar-refractivity contribution in [1.82, 2.24) is 10.3 Å². The lowest BCUT2D eigenvalue weighted by Gasteiger charge is -2.38. The Labute approximate surface area is 120 Å². The average Bonchev–Trinajstić information content (AvgIpc) is 2.49. The molecule has 3 nitrogen and oxygen atoms in total. The second-order valence-corrected chi connectivity index (χ2v) is 5.42. The minimum absolute atomic E-state index is 0.504. The Morgan fingerprint density at radius 1 is 1.25 bits per heavy atom. The van der Waals surface area contributed by atoms with Crippen LogP contribution < -0.4 is 10.2 Å². The van der Waals surface area contributed by atoms with E-state index in [1.165, 1.54) is 28.9 Å². The predicted molar refractivity (Wildman–Crippen MR) is 83.4 cm³/mol. The molecule has 0 radical (unpaired) electrons. The Morgan fingerprint density at radius 2 is 2.10 bits per heavy atom. The SMILES string of the molecule is CNCc1ccncc1N1c2ccccc2CCC1C. The zero-order valence-corrected chi connectivity index (χ0v) is 12.1. The number of aromatic nitrogens is 1. The highest BCUT2D eigenvalue weighted by Crippen LogP contribution is 2.37. The molecular formula is C17H21N3. The van der Waals surface area contributed by atoms with Crippen molar-refractivity contribution in [2.45, 2.75) is 32.4 Å². The van der Waals surface area contributed by atoms with Gasteiger partial charge in [-0.3, -0.25) is 4.98 Å². The number of pyridine rings is 1. The molecule has 1 aromatic carbocycles. The Balaban J connectivity index is 2.09. The van der Waals surface area contributed by atoms with Crippen molar-refractivity contribution in [2.75, 3.05) is 11.9 Å². The number of benzene rings is 1. The van der Waals surface area contributed by atoms with Gasteiger partial charge in [0.15, 0.2) is 0 Å². The largest absolute Gasteiger partial charge is 0.337 e. The van der Waals surface area contributed by atoms with E-state index < -0.39 is 0 Å². The van der Waals surface area contributed by atoms with E-state index >= 15 is 0 Å². The molecule has 1 aliphatic heterocycles. The van der Waals surface area contributed by atoms with Gasteiger partial charge in [0.05, 0.1) is 11.9 Å². The fraction of sp³-hybridized carbons (Fsp3) is 0.353. The first-order valence-corrected chi connectivity index (χ1v) is 7.26. The molecule has 104 valence electrons. The summed E-state index contributed by atoms with van der Waals surface area (Å²) >= 11 is 0. The molecular weight excluding hydrogens is 246 g/mol. The van der Waals surface area contributed by atoms with E-state index in [9.17, 15) is 0 Å². The molecule has 1 aliphatic rings. The highest BCUT2D eigenvalue weighted by atomic mass is 15.2. The summed E-state index contributed by atoms with van der Waals surface area (Å²) in [6.07, 6.45) is 6.21. The lowest BCUT2D eigenvalue weighted by atomic mass is 9.95. The van der Waals surface area contributed by atoms with E-state index in [2.05, 4.69) is 52.5 Å². The van der Waals surface area contributed by atoms with Gasteiger partial charge in [0, 0.05) is 24.5 Å². The Hall–Kier alpha value is -1.87. The molecule has 3 rings (SSSR count). The van der Waals surface area contributed by atoms with Crippen LogP contribution in [0, 0.1) is 0 Å². The van der Waals surface area contributed by atoms with E-state index in [0.717, 1.165) is 13.0 Å². The van der Waals surface area contributed by atoms with Crippen LogP contribution in [0.4, 0.5) is 11.4 Å². The first kappa shape index (κ1) is 13.1. The van der Waals surface area contributed by atoms with Crippen molar-refractivity contribution in [3.8, 4) is 0 Å². The number of hydrogen-bond donors (Lipinski definition) is 1. The third-order valence-electron chi connectivity index (χ3n) is 4.04. The van der Waals surface area contributed by atoms with Gasteiger partial charge in [0.1, 0.15) is 0 Å². The molecule has 0 fully saturated rings. The summed E-state index contributed by atoms with van der Waals surface area (Å²) in [6, 6.07) is 11.3. The number of nitrogens with one attached hydrogen (secondary N) is 1. The number of rotatable bonds is 3. The maximum absolute atomic E-state index is 4.34. The normalized spacial score (nSPS) is 17.9. The minimum atomic E-state index is 0.504. The fourth-order valence-corrected chi connectivity index (χ4v) is 3.03. The Morgan fingerprint density at radius 3 is 2.95 bits per heavy atom. The number of nitrogens with zero attached hydrogens (tertiary/aromatic N) is 2. The van der Waals surface area contributed by atoms with Crippen molar-refractivity contribution in [1.29, 1.82) is 0 Å². The van der Waals surface area contributed by atoms with Gasteiger partial charge in [-0.05, 0) is 50.1 Å². The maximum Gasteiger partial charge on any atom is 0.0645 e. The Kier molecular flexibility index (Phi) is 3.70. The van der Waals surface area contributed by atoms with Gasteiger partial charge in [-0.1, -0.05) is 18.2 Å². The van der Waals surface area contributed by atoms with Crippen LogP contribution in [0.1, 0.15) is 24.5 Å². The van der Waals surface area contributed by atoms with Gasteiger partial charge in [-0.2, -0.15) is 0 Å². The monoisotopic (exact) mass is 267 g/mol. The number of para-hydroxylation sites is 1. The zero-order valence-electron chi connectivity index (χ0n) is 12.1. The summed E-state index contributed by atoms with van der Waals surface area (Å²) in [5, 5.41) is 3.25. The van der Waals surface area contributed by atoms with Crippen LogP contribution in [0.2, 0.25) is 0 Å². The average molecular weight is 267 g/mol. The molecule has 0 bridgehead atoms. The lowest BCUT2D eigenvalue weighted by Crippen LogP contribution is -2.34. The van der Waals surface area contributed by atoms with Gasteiger partial charge < -0.3 is 10.2 Å². The first-order valence-electron chi connectivity index (χ1n) is 7.26. The van der Waals surface area contributed by atoms with Crippen LogP contribution in [0.15, 0.2) is 42.7 Å². The molecule has 20 heavy (non-hydrogen) atoms. The topological polar surface area (TPSA) is 28.2 Å². The summed E-state index contributed by atoms with van der Waals surface area (Å²) < 4.78 is 0. The van der Waals surface area contributed by atoms with E-state index in [0.29, 0.717) is 6.04 Å².